The zero-order valence-corrected chi connectivity index (χ0v) is 15.5. The lowest BCUT2D eigenvalue weighted by atomic mass is 10.1. The van der Waals surface area contributed by atoms with Crippen molar-refractivity contribution in [3.63, 3.8) is 0 Å². The number of benzene rings is 2. The Hall–Kier alpha value is -1.56. The van der Waals surface area contributed by atoms with Gasteiger partial charge in [0.15, 0.2) is 0 Å². The standard InChI is InChI=1S/C17H13BrCl2N2O2/c18-14-5-4-12(8-15(14)20)21-17(24)10-6-16(23)22(9-10)13-3-1-2-11(19)7-13/h1-5,7-8,10H,6,9H2,(H,21,24)/t10-/m0/s1. The molecule has 0 bridgehead atoms. The Balaban J connectivity index is 1.70. The molecule has 1 aliphatic heterocycles. The highest BCUT2D eigenvalue weighted by Crippen LogP contribution is 2.29. The van der Waals surface area contributed by atoms with Gasteiger partial charge in [0, 0.05) is 33.8 Å². The quantitative estimate of drug-likeness (QED) is 0.768. The van der Waals surface area contributed by atoms with Crippen molar-refractivity contribution in [3.05, 3.63) is 57.0 Å². The van der Waals surface area contributed by atoms with E-state index in [1.807, 2.05) is 0 Å². The number of anilines is 2. The molecule has 2 aromatic carbocycles. The van der Waals surface area contributed by atoms with Crippen molar-refractivity contribution >= 4 is 62.3 Å². The average molecular weight is 428 g/mol. The van der Waals surface area contributed by atoms with E-state index in [1.165, 1.54) is 0 Å². The fraction of sp³-hybridized carbons (Fsp3) is 0.176. The van der Waals surface area contributed by atoms with Gasteiger partial charge in [0.05, 0.1) is 10.9 Å². The summed E-state index contributed by atoms with van der Waals surface area (Å²) in [6.45, 7) is 0.329. The highest BCUT2D eigenvalue weighted by molar-refractivity contribution is 9.10. The molecular weight excluding hydrogens is 415 g/mol. The third kappa shape index (κ3) is 3.74. The first-order valence-electron chi connectivity index (χ1n) is 7.26. The van der Waals surface area contributed by atoms with Crippen LogP contribution in [0.3, 0.4) is 0 Å². The van der Waals surface area contributed by atoms with Crippen molar-refractivity contribution in [2.75, 3.05) is 16.8 Å². The monoisotopic (exact) mass is 426 g/mol. The van der Waals surface area contributed by atoms with Gasteiger partial charge < -0.3 is 10.2 Å². The second kappa shape index (κ2) is 7.13. The first kappa shape index (κ1) is 17.3. The van der Waals surface area contributed by atoms with Gasteiger partial charge in [-0.25, -0.2) is 0 Å². The molecule has 1 heterocycles. The van der Waals surface area contributed by atoms with E-state index in [4.69, 9.17) is 23.2 Å². The van der Waals surface area contributed by atoms with E-state index in [2.05, 4.69) is 21.2 Å². The lowest BCUT2D eigenvalue weighted by molar-refractivity contribution is -0.122. The fourth-order valence-electron chi connectivity index (χ4n) is 2.59. The molecule has 24 heavy (non-hydrogen) atoms. The van der Waals surface area contributed by atoms with Crippen molar-refractivity contribution < 1.29 is 9.59 Å². The van der Waals surface area contributed by atoms with Gasteiger partial charge in [-0.15, -0.1) is 0 Å². The number of nitrogens with zero attached hydrogens (tertiary/aromatic N) is 1. The molecule has 4 nitrogen and oxygen atoms in total. The lowest BCUT2D eigenvalue weighted by Crippen LogP contribution is -2.28. The molecule has 1 atom stereocenters. The SMILES string of the molecule is O=C(Nc1ccc(Br)c(Cl)c1)[C@H]1CC(=O)N(c2cccc(Cl)c2)C1. The predicted molar refractivity (Wildman–Crippen MR) is 99.7 cm³/mol. The summed E-state index contributed by atoms with van der Waals surface area (Å²) in [5.41, 5.74) is 1.30. The summed E-state index contributed by atoms with van der Waals surface area (Å²) in [6.07, 6.45) is 0.169. The molecule has 0 spiro atoms. The molecule has 0 saturated carbocycles. The normalized spacial score (nSPS) is 17.2. The molecule has 3 rings (SSSR count). The molecule has 0 unspecified atom stereocenters. The van der Waals surface area contributed by atoms with Gasteiger partial charge in [0.25, 0.3) is 0 Å². The second-order valence-electron chi connectivity index (χ2n) is 5.50. The zero-order chi connectivity index (χ0) is 17.3. The van der Waals surface area contributed by atoms with Gasteiger partial charge in [0.1, 0.15) is 0 Å². The number of carbonyl (C=O) groups is 2. The van der Waals surface area contributed by atoms with Crippen LogP contribution in [-0.4, -0.2) is 18.4 Å². The minimum absolute atomic E-state index is 0.0914. The first-order valence-corrected chi connectivity index (χ1v) is 8.81. The molecule has 1 fully saturated rings. The second-order valence-corrected chi connectivity index (χ2v) is 7.20. The summed E-state index contributed by atoms with van der Waals surface area (Å²) in [5.74, 6) is -0.712. The van der Waals surface area contributed by atoms with Crippen LogP contribution in [0.4, 0.5) is 11.4 Å². The maximum atomic E-state index is 12.4. The van der Waals surface area contributed by atoms with Crippen molar-refractivity contribution in [1.82, 2.24) is 0 Å². The van der Waals surface area contributed by atoms with Crippen molar-refractivity contribution in [2.45, 2.75) is 6.42 Å². The number of nitrogens with one attached hydrogen (secondary N) is 1. The van der Waals surface area contributed by atoms with Gasteiger partial charge in [-0.1, -0.05) is 29.3 Å². The van der Waals surface area contributed by atoms with E-state index < -0.39 is 5.92 Å². The molecule has 1 N–H and O–H groups in total. The summed E-state index contributed by atoms with van der Waals surface area (Å²) in [5, 5.41) is 3.87. The van der Waals surface area contributed by atoms with Crippen LogP contribution in [0, 0.1) is 5.92 Å². The Kier molecular flexibility index (Phi) is 5.13. The Morgan fingerprint density at radius 2 is 2.00 bits per heavy atom. The maximum Gasteiger partial charge on any atom is 0.229 e. The van der Waals surface area contributed by atoms with Gasteiger partial charge in [-0.3, -0.25) is 9.59 Å². The molecule has 0 radical (unpaired) electrons. The van der Waals surface area contributed by atoms with Crippen LogP contribution in [0.5, 0.6) is 0 Å². The number of carbonyl (C=O) groups excluding carboxylic acids is 2. The number of amides is 2. The van der Waals surface area contributed by atoms with E-state index in [0.29, 0.717) is 28.0 Å². The molecule has 2 aromatic rings. The van der Waals surface area contributed by atoms with E-state index in [-0.39, 0.29) is 18.2 Å². The van der Waals surface area contributed by atoms with E-state index in [1.54, 1.807) is 47.4 Å². The van der Waals surface area contributed by atoms with Gasteiger partial charge in [-0.2, -0.15) is 0 Å². The summed E-state index contributed by atoms with van der Waals surface area (Å²) in [7, 11) is 0. The Morgan fingerprint density at radius 3 is 2.71 bits per heavy atom. The average Bonchev–Trinajstić information content (AvgIpc) is 2.93. The molecule has 2 amide bonds. The molecular formula is C17H13BrCl2N2O2. The maximum absolute atomic E-state index is 12.4. The predicted octanol–water partition coefficient (Wildman–Crippen LogP) is 4.75. The van der Waals surface area contributed by atoms with Crippen molar-refractivity contribution in [1.29, 1.82) is 0 Å². The smallest absolute Gasteiger partial charge is 0.229 e. The molecule has 0 aliphatic carbocycles. The largest absolute Gasteiger partial charge is 0.326 e. The van der Waals surface area contributed by atoms with Crippen LogP contribution >= 0.6 is 39.1 Å². The van der Waals surface area contributed by atoms with E-state index in [9.17, 15) is 9.59 Å². The minimum atomic E-state index is -0.418. The van der Waals surface area contributed by atoms with Crippen molar-refractivity contribution in [3.8, 4) is 0 Å². The number of hydrogen-bond donors (Lipinski definition) is 1. The van der Waals surface area contributed by atoms with Crippen LogP contribution in [0.15, 0.2) is 46.9 Å². The van der Waals surface area contributed by atoms with Crippen LogP contribution in [0.2, 0.25) is 10.0 Å². The number of rotatable bonds is 3. The van der Waals surface area contributed by atoms with E-state index in [0.717, 1.165) is 4.47 Å². The van der Waals surface area contributed by atoms with Crippen molar-refractivity contribution in [2.24, 2.45) is 5.92 Å². The topological polar surface area (TPSA) is 49.4 Å². The van der Waals surface area contributed by atoms with Crippen LogP contribution in [0.1, 0.15) is 6.42 Å². The molecule has 0 aromatic heterocycles. The Bertz CT molecular complexity index is 813. The Labute approximate surface area is 157 Å². The third-order valence-electron chi connectivity index (χ3n) is 3.80. The summed E-state index contributed by atoms with van der Waals surface area (Å²) in [6, 6.07) is 12.2. The first-order chi connectivity index (χ1) is 11.4. The highest BCUT2D eigenvalue weighted by atomic mass is 79.9. The van der Waals surface area contributed by atoms with Crippen LogP contribution in [0.25, 0.3) is 0 Å². The number of hydrogen-bond acceptors (Lipinski definition) is 2. The molecule has 1 saturated heterocycles. The summed E-state index contributed by atoms with van der Waals surface area (Å²) in [4.78, 5) is 26.2. The summed E-state index contributed by atoms with van der Waals surface area (Å²) < 4.78 is 0.755. The Morgan fingerprint density at radius 1 is 1.21 bits per heavy atom. The number of halogens is 3. The van der Waals surface area contributed by atoms with Crippen LogP contribution in [-0.2, 0) is 9.59 Å². The fourth-order valence-corrected chi connectivity index (χ4v) is 3.21. The van der Waals surface area contributed by atoms with Gasteiger partial charge >= 0.3 is 0 Å². The van der Waals surface area contributed by atoms with Gasteiger partial charge in [-0.05, 0) is 52.3 Å². The molecule has 7 heteroatoms. The molecule has 1 aliphatic rings. The van der Waals surface area contributed by atoms with Crippen LogP contribution < -0.4 is 10.2 Å². The zero-order valence-electron chi connectivity index (χ0n) is 12.4. The van der Waals surface area contributed by atoms with Gasteiger partial charge in [0.2, 0.25) is 11.8 Å². The highest BCUT2D eigenvalue weighted by Gasteiger charge is 2.35. The molecule has 124 valence electrons. The van der Waals surface area contributed by atoms with E-state index >= 15 is 0 Å². The summed E-state index contributed by atoms with van der Waals surface area (Å²) >= 11 is 15.3. The third-order valence-corrected chi connectivity index (χ3v) is 5.27. The lowest BCUT2D eigenvalue weighted by Gasteiger charge is -2.17. The minimum Gasteiger partial charge on any atom is -0.326 e.